The molecule has 0 aromatic rings. The molecule has 0 aliphatic carbocycles. The molecule has 0 aromatic heterocycles. The molecule has 8 heavy (non-hydrogen) atoms. The fraction of sp³-hybridized carbons (Fsp3) is 1.00. The minimum atomic E-state index is 0.483. The Morgan fingerprint density at radius 2 is 2.25 bits per heavy atom. The molecule has 0 saturated carbocycles. The van der Waals surface area contributed by atoms with Gasteiger partial charge in [-0.25, -0.2) is 0 Å². The Labute approximate surface area is 55.0 Å². The van der Waals surface area contributed by atoms with Crippen LogP contribution < -0.4 is 5.73 Å². The first kappa shape index (κ1) is 6.43. The largest absolute Gasteiger partial charge is 0.327 e. The van der Waals surface area contributed by atoms with E-state index in [2.05, 4.69) is 6.92 Å². The van der Waals surface area contributed by atoms with Crippen LogP contribution in [0.15, 0.2) is 0 Å². The van der Waals surface area contributed by atoms with Crippen molar-refractivity contribution in [3.05, 3.63) is 0 Å². The van der Waals surface area contributed by atoms with Crippen LogP contribution in [0.25, 0.3) is 0 Å². The van der Waals surface area contributed by atoms with Gasteiger partial charge in [-0.05, 0) is 12.8 Å². The summed E-state index contributed by atoms with van der Waals surface area (Å²) in [7, 11) is 0. The zero-order valence-corrected chi connectivity index (χ0v) is 6.08. The third-order valence-electron chi connectivity index (χ3n) is 1.54. The summed E-state index contributed by atoms with van der Waals surface area (Å²) in [6.45, 7) is 2.27. The molecule has 1 nitrogen and oxygen atoms in total. The van der Waals surface area contributed by atoms with Crippen molar-refractivity contribution >= 4 is 11.8 Å². The lowest BCUT2D eigenvalue weighted by atomic mass is 10.1. The van der Waals surface area contributed by atoms with Gasteiger partial charge in [0.15, 0.2) is 0 Å². The second kappa shape index (κ2) is 2.74. The molecular weight excluding hydrogens is 118 g/mol. The van der Waals surface area contributed by atoms with Crippen molar-refractivity contribution < 1.29 is 0 Å². The Morgan fingerprint density at radius 3 is 2.62 bits per heavy atom. The number of rotatable bonds is 0. The lowest BCUT2D eigenvalue weighted by Crippen LogP contribution is -2.28. The van der Waals surface area contributed by atoms with Crippen LogP contribution in [0.5, 0.6) is 0 Å². The van der Waals surface area contributed by atoms with Crippen LogP contribution in [-0.4, -0.2) is 17.0 Å². The fourth-order valence-electron chi connectivity index (χ4n) is 0.903. The molecule has 0 spiro atoms. The van der Waals surface area contributed by atoms with E-state index in [1.54, 1.807) is 0 Å². The molecule has 0 unspecified atom stereocenters. The van der Waals surface area contributed by atoms with Gasteiger partial charge in [0.05, 0.1) is 0 Å². The molecule has 1 heterocycles. The van der Waals surface area contributed by atoms with E-state index in [-0.39, 0.29) is 0 Å². The smallest absolute Gasteiger partial charge is 0.0130 e. The highest BCUT2D eigenvalue weighted by Gasteiger charge is 2.13. The Balaban J connectivity index is 2.19. The molecule has 0 amide bonds. The Kier molecular flexibility index (Phi) is 2.20. The topological polar surface area (TPSA) is 26.0 Å². The van der Waals surface area contributed by atoms with Gasteiger partial charge in [0.1, 0.15) is 0 Å². The second-order valence-electron chi connectivity index (χ2n) is 2.48. The minimum Gasteiger partial charge on any atom is -0.327 e. The molecule has 1 aliphatic heterocycles. The molecule has 0 bridgehead atoms. The van der Waals surface area contributed by atoms with E-state index < -0.39 is 0 Å². The Bertz CT molecular complexity index is 56.9. The van der Waals surface area contributed by atoms with E-state index in [4.69, 9.17) is 5.73 Å². The van der Waals surface area contributed by atoms with Gasteiger partial charge in [-0.1, -0.05) is 6.92 Å². The van der Waals surface area contributed by atoms with E-state index in [0.717, 1.165) is 5.25 Å². The average molecular weight is 131 g/mol. The van der Waals surface area contributed by atoms with Gasteiger partial charge >= 0.3 is 0 Å². The lowest BCUT2D eigenvalue weighted by Gasteiger charge is -2.21. The summed E-state index contributed by atoms with van der Waals surface area (Å²) in [5, 5.41) is 0.856. The molecule has 0 radical (unpaired) electrons. The van der Waals surface area contributed by atoms with E-state index >= 15 is 0 Å². The molecule has 1 rings (SSSR count). The maximum Gasteiger partial charge on any atom is 0.0130 e. The predicted octanol–water partition coefficient (Wildman–Crippen LogP) is 1.23. The van der Waals surface area contributed by atoms with Gasteiger partial charge in [0, 0.05) is 17.0 Å². The zero-order valence-electron chi connectivity index (χ0n) is 5.26. The zero-order chi connectivity index (χ0) is 5.98. The number of nitrogens with two attached hydrogens (primary N) is 1. The highest BCUT2D eigenvalue weighted by molar-refractivity contribution is 7.99. The molecule has 2 atom stereocenters. The Hall–Kier alpha value is 0.310. The summed E-state index contributed by atoms with van der Waals surface area (Å²) in [6, 6.07) is 0.483. The van der Waals surface area contributed by atoms with E-state index in [9.17, 15) is 0 Å². The van der Waals surface area contributed by atoms with Crippen LogP contribution in [0.4, 0.5) is 0 Å². The molecule has 1 saturated heterocycles. The van der Waals surface area contributed by atoms with Gasteiger partial charge in [0.2, 0.25) is 0 Å². The van der Waals surface area contributed by atoms with Crippen molar-refractivity contribution in [1.82, 2.24) is 0 Å². The maximum absolute atomic E-state index is 5.68. The number of thioether (sulfide) groups is 1. The fourth-order valence-corrected chi connectivity index (χ4v) is 1.95. The normalized spacial score (nSPS) is 39.8. The van der Waals surface area contributed by atoms with Crippen molar-refractivity contribution in [3.63, 3.8) is 0 Å². The summed E-state index contributed by atoms with van der Waals surface area (Å²) < 4.78 is 0. The monoisotopic (exact) mass is 131 g/mol. The van der Waals surface area contributed by atoms with Crippen LogP contribution in [-0.2, 0) is 0 Å². The third-order valence-corrected chi connectivity index (χ3v) is 2.96. The summed E-state index contributed by atoms with van der Waals surface area (Å²) >= 11 is 2.00. The van der Waals surface area contributed by atoms with Crippen molar-refractivity contribution in [2.75, 3.05) is 5.75 Å². The minimum absolute atomic E-state index is 0.483. The summed E-state index contributed by atoms with van der Waals surface area (Å²) in [6.07, 6.45) is 2.54. The molecular formula is C6H13NS. The summed E-state index contributed by atoms with van der Waals surface area (Å²) in [5.41, 5.74) is 5.68. The van der Waals surface area contributed by atoms with Gasteiger partial charge in [-0.2, -0.15) is 11.8 Å². The van der Waals surface area contributed by atoms with Crippen LogP contribution in [0.3, 0.4) is 0 Å². The first-order valence-electron chi connectivity index (χ1n) is 3.16. The average Bonchev–Trinajstić information content (AvgIpc) is 1.77. The predicted molar refractivity (Wildman–Crippen MR) is 39.1 cm³/mol. The first-order chi connectivity index (χ1) is 3.79. The van der Waals surface area contributed by atoms with Crippen molar-refractivity contribution in [2.24, 2.45) is 5.73 Å². The Morgan fingerprint density at radius 1 is 1.50 bits per heavy atom. The van der Waals surface area contributed by atoms with E-state index in [0.29, 0.717) is 6.04 Å². The van der Waals surface area contributed by atoms with Gasteiger partial charge in [0.25, 0.3) is 0 Å². The SMILES string of the molecule is C[C@H]1CC[C@H](N)CS1. The quantitative estimate of drug-likeness (QED) is 0.535. The number of hydrogen-bond donors (Lipinski definition) is 1. The molecule has 48 valence electrons. The first-order valence-corrected chi connectivity index (χ1v) is 4.21. The van der Waals surface area contributed by atoms with Gasteiger partial charge < -0.3 is 5.73 Å². The summed E-state index contributed by atoms with van der Waals surface area (Å²) in [4.78, 5) is 0. The van der Waals surface area contributed by atoms with Gasteiger partial charge in [-0.3, -0.25) is 0 Å². The standard InChI is InChI=1S/C6H13NS/c1-5-2-3-6(7)4-8-5/h5-6H,2-4,7H2,1H3/t5-,6-/m0/s1. The highest BCUT2D eigenvalue weighted by Crippen LogP contribution is 2.23. The maximum atomic E-state index is 5.68. The van der Waals surface area contributed by atoms with E-state index in [1.807, 2.05) is 11.8 Å². The molecule has 1 fully saturated rings. The van der Waals surface area contributed by atoms with Crippen molar-refractivity contribution in [2.45, 2.75) is 31.1 Å². The van der Waals surface area contributed by atoms with Crippen molar-refractivity contribution in [3.8, 4) is 0 Å². The second-order valence-corrected chi connectivity index (χ2v) is 3.95. The van der Waals surface area contributed by atoms with Crippen LogP contribution >= 0.6 is 11.8 Å². The van der Waals surface area contributed by atoms with Crippen LogP contribution in [0.2, 0.25) is 0 Å². The van der Waals surface area contributed by atoms with Crippen LogP contribution in [0, 0.1) is 0 Å². The van der Waals surface area contributed by atoms with Gasteiger partial charge in [-0.15, -0.1) is 0 Å². The highest BCUT2D eigenvalue weighted by atomic mass is 32.2. The molecule has 2 heteroatoms. The summed E-state index contributed by atoms with van der Waals surface area (Å²) in [5.74, 6) is 1.17. The molecule has 0 aromatic carbocycles. The van der Waals surface area contributed by atoms with Crippen molar-refractivity contribution in [1.29, 1.82) is 0 Å². The molecule has 2 N–H and O–H groups in total. The number of hydrogen-bond acceptors (Lipinski definition) is 2. The lowest BCUT2D eigenvalue weighted by molar-refractivity contribution is 0.607. The third kappa shape index (κ3) is 1.67. The van der Waals surface area contributed by atoms with Crippen LogP contribution in [0.1, 0.15) is 19.8 Å². The van der Waals surface area contributed by atoms with E-state index in [1.165, 1.54) is 18.6 Å². The molecule has 1 aliphatic rings.